The summed E-state index contributed by atoms with van der Waals surface area (Å²) >= 11 is 0. The van der Waals surface area contributed by atoms with Gasteiger partial charge in [-0.25, -0.2) is 0 Å². The van der Waals surface area contributed by atoms with Crippen molar-refractivity contribution in [1.29, 1.82) is 0 Å². The molecule has 0 spiro atoms. The molecule has 0 atom stereocenters. The average Bonchev–Trinajstić information content (AvgIpc) is 2.11. The Hall–Kier alpha value is -1.85. The first-order valence-corrected chi connectivity index (χ1v) is 4.93. The number of allylic oxidation sites excluding steroid dienone is 1. The van der Waals surface area contributed by atoms with Crippen molar-refractivity contribution < 1.29 is 19.5 Å². The molecule has 1 heterocycles. The molecule has 1 aliphatic heterocycles. The van der Waals surface area contributed by atoms with Gasteiger partial charge in [-0.2, -0.15) is 0 Å². The van der Waals surface area contributed by atoms with E-state index in [9.17, 15) is 14.4 Å². The number of nitrogens with one attached hydrogen (secondary N) is 1. The fourth-order valence-corrected chi connectivity index (χ4v) is 1.40. The van der Waals surface area contributed by atoms with E-state index in [-0.39, 0.29) is 24.1 Å². The molecule has 0 unspecified atom stereocenters. The number of amides is 2. The minimum Gasteiger partial charge on any atom is -0.480 e. The molecule has 0 aromatic heterocycles. The predicted octanol–water partition coefficient (Wildman–Crippen LogP) is -0.431. The number of aliphatic carboxylic acids is 1. The smallest absolute Gasteiger partial charge is 0.323 e. The summed E-state index contributed by atoms with van der Waals surface area (Å²) < 4.78 is 0. The van der Waals surface area contributed by atoms with Gasteiger partial charge in [0.05, 0.1) is 0 Å². The normalized spacial score (nSPS) is 19.2. The van der Waals surface area contributed by atoms with Crippen LogP contribution in [-0.4, -0.2) is 40.9 Å². The van der Waals surface area contributed by atoms with Gasteiger partial charge >= 0.3 is 5.97 Å². The third-order valence-corrected chi connectivity index (χ3v) is 1.95. The summed E-state index contributed by atoms with van der Waals surface area (Å²) in [6, 6.07) is 0. The molecule has 0 aliphatic carbocycles. The maximum absolute atomic E-state index is 11.7. The molecule has 1 aliphatic rings. The molecule has 0 aromatic carbocycles. The first-order chi connectivity index (χ1) is 7.40. The standard InChI is InChI=1S/C10H14N2O4/c1-6(2)3-7-10(16)12(5-9(14)15)4-8(13)11-7/h3,6H,4-5H2,1-2H3,(H,11,13)(H,14,15)/b7-3-. The molecule has 88 valence electrons. The molecule has 2 N–H and O–H groups in total. The SMILES string of the molecule is CC(C)/C=C1\NC(=O)CN(CC(=O)O)C1=O. The Labute approximate surface area is 92.9 Å². The average molecular weight is 226 g/mol. The van der Waals surface area contributed by atoms with E-state index in [4.69, 9.17) is 5.11 Å². The highest BCUT2D eigenvalue weighted by molar-refractivity contribution is 6.04. The van der Waals surface area contributed by atoms with Crippen LogP contribution < -0.4 is 5.32 Å². The zero-order chi connectivity index (χ0) is 12.3. The second-order valence-corrected chi connectivity index (χ2v) is 3.93. The predicted molar refractivity (Wildman–Crippen MR) is 55.3 cm³/mol. The lowest BCUT2D eigenvalue weighted by Crippen LogP contribution is -2.51. The van der Waals surface area contributed by atoms with Crippen LogP contribution in [0.5, 0.6) is 0 Å². The fraction of sp³-hybridized carbons (Fsp3) is 0.500. The van der Waals surface area contributed by atoms with Gasteiger partial charge in [0.2, 0.25) is 5.91 Å². The molecule has 6 nitrogen and oxygen atoms in total. The summed E-state index contributed by atoms with van der Waals surface area (Å²) in [6.45, 7) is 3.06. The van der Waals surface area contributed by atoms with Gasteiger partial charge in [0.1, 0.15) is 18.8 Å². The summed E-state index contributed by atoms with van der Waals surface area (Å²) in [6.07, 6.45) is 1.61. The number of piperazine rings is 1. The number of carboxylic acids is 1. The van der Waals surface area contributed by atoms with Gasteiger partial charge in [-0.15, -0.1) is 0 Å². The van der Waals surface area contributed by atoms with Crippen LogP contribution in [0.4, 0.5) is 0 Å². The maximum Gasteiger partial charge on any atom is 0.323 e. The first kappa shape index (κ1) is 12.2. The molecule has 6 heteroatoms. The number of rotatable bonds is 3. The second kappa shape index (κ2) is 4.78. The third kappa shape index (κ3) is 3.08. The lowest BCUT2D eigenvalue weighted by Gasteiger charge is -2.27. The zero-order valence-corrected chi connectivity index (χ0v) is 9.19. The number of nitrogens with zero attached hydrogens (tertiary/aromatic N) is 1. The van der Waals surface area contributed by atoms with Crippen LogP contribution in [0.25, 0.3) is 0 Å². The minimum absolute atomic E-state index is 0.101. The highest BCUT2D eigenvalue weighted by Crippen LogP contribution is 2.08. The van der Waals surface area contributed by atoms with Gasteiger partial charge in [0, 0.05) is 0 Å². The number of carboxylic acid groups (broad SMARTS) is 1. The Bertz CT molecular complexity index is 358. The van der Waals surface area contributed by atoms with E-state index in [0.29, 0.717) is 0 Å². The Kier molecular flexibility index (Phi) is 3.65. The van der Waals surface area contributed by atoms with Crippen LogP contribution in [0.1, 0.15) is 13.8 Å². The molecular weight excluding hydrogens is 212 g/mol. The van der Waals surface area contributed by atoms with E-state index >= 15 is 0 Å². The van der Waals surface area contributed by atoms with E-state index in [1.165, 1.54) is 0 Å². The van der Waals surface area contributed by atoms with Crippen LogP contribution >= 0.6 is 0 Å². The zero-order valence-electron chi connectivity index (χ0n) is 9.19. The first-order valence-electron chi connectivity index (χ1n) is 4.93. The Morgan fingerprint density at radius 2 is 2.19 bits per heavy atom. The second-order valence-electron chi connectivity index (χ2n) is 3.93. The quantitative estimate of drug-likeness (QED) is 0.639. The van der Waals surface area contributed by atoms with E-state index in [1.54, 1.807) is 6.08 Å². The van der Waals surface area contributed by atoms with Gasteiger partial charge in [-0.05, 0) is 5.92 Å². The maximum atomic E-state index is 11.7. The molecule has 1 fully saturated rings. The highest BCUT2D eigenvalue weighted by atomic mass is 16.4. The summed E-state index contributed by atoms with van der Waals surface area (Å²) in [5.74, 6) is -1.85. The minimum atomic E-state index is -1.13. The van der Waals surface area contributed by atoms with Crippen molar-refractivity contribution in [1.82, 2.24) is 10.2 Å². The van der Waals surface area contributed by atoms with Crippen LogP contribution in [0.3, 0.4) is 0 Å². The molecule has 0 bridgehead atoms. The monoisotopic (exact) mass is 226 g/mol. The molecule has 0 saturated carbocycles. The number of carbonyl (C=O) groups excluding carboxylic acids is 2. The number of carbonyl (C=O) groups is 3. The summed E-state index contributed by atoms with van der Waals surface area (Å²) in [5, 5.41) is 11.0. The van der Waals surface area contributed by atoms with E-state index in [0.717, 1.165) is 4.90 Å². The third-order valence-electron chi connectivity index (χ3n) is 1.95. The molecular formula is C10H14N2O4. The van der Waals surface area contributed by atoms with Crippen molar-refractivity contribution in [2.24, 2.45) is 5.92 Å². The Morgan fingerprint density at radius 1 is 1.56 bits per heavy atom. The van der Waals surface area contributed by atoms with Gasteiger partial charge in [-0.3, -0.25) is 14.4 Å². The molecule has 2 amide bonds. The molecule has 0 aromatic rings. The van der Waals surface area contributed by atoms with Crippen LogP contribution in [0, 0.1) is 5.92 Å². The Morgan fingerprint density at radius 3 is 2.69 bits per heavy atom. The lowest BCUT2D eigenvalue weighted by atomic mass is 10.1. The molecule has 0 radical (unpaired) electrons. The highest BCUT2D eigenvalue weighted by Gasteiger charge is 2.29. The summed E-state index contributed by atoms with van der Waals surface area (Å²) in [5.41, 5.74) is 0.160. The van der Waals surface area contributed by atoms with Crippen molar-refractivity contribution in [3.05, 3.63) is 11.8 Å². The van der Waals surface area contributed by atoms with Crippen LogP contribution in [-0.2, 0) is 14.4 Å². The van der Waals surface area contributed by atoms with Gasteiger partial charge in [0.15, 0.2) is 0 Å². The Balaban J connectivity index is 2.86. The fourth-order valence-electron chi connectivity index (χ4n) is 1.40. The van der Waals surface area contributed by atoms with Gasteiger partial charge in [-0.1, -0.05) is 19.9 Å². The van der Waals surface area contributed by atoms with Crippen molar-refractivity contribution in [2.75, 3.05) is 13.1 Å². The summed E-state index contributed by atoms with van der Waals surface area (Å²) in [4.78, 5) is 34.5. The topological polar surface area (TPSA) is 86.7 Å². The largest absolute Gasteiger partial charge is 0.480 e. The van der Waals surface area contributed by atoms with Crippen molar-refractivity contribution in [3.63, 3.8) is 0 Å². The van der Waals surface area contributed by atoms with Crippen molar-refractivity contribution in [2.45, 2.75) is 13.8 Å². The van der Waals surface area contributed by atoms with Gasteiger partial charge in [0.25, 0.3) is 5.91 Å². The summed E-state index contributed by atoms with van der Waals surface area (Å²) in [7, 11) is 0. The van der Waals surface area contributed by atoms with Crippen LogP contribution in [0.2, 0.25) is 0 Å². The van der Waals surface area contributed by atoms with Crippen molar-refractivity contribution in [3.8, 4) is 0 Å². The van der Waals surface area contributed by atoms with Crippen LogP contribution in [0.15, 0.2) is 11.8 Å². The van der Waals surface area contributed by atoms with Gasteiger partial charge < -0.3 is 15.3 Å². The van der Waals surface area contributed by atoms with Crippen molar-refractivity contribution >= 4 is 17.8 Å². The molecule has 1 rings (SSSR count). The van der Waals surface area contributed by atoms with E-state index in [2.05, 4.69) is 5.32 Å². The van der Waals surface area contributed by atoms with E-state index < -0.39 is 18.4 Å². The molecule has 1 saturated heterocycles. The molecule has 16 heavy (non-hydrogen) atoms. The van der Waals surface area contributed by atoms with E-state index in [1.807, 2.05) is 13.8 Å². The number of hydrogen-bond donors (Lipinski definition) is 2. The lowest BCUT2D eigenvalue weighted by molar-refractivity contribution is -0.146. The number of hydrogen-bond acceptors (Lipinski definition) is 3.